The van der Waals surface area contributed by atoms with Gasteiger partial charge in [0.05, 0.1) is 18.1 Å². The maximum atomic E-state index is 5.44. The first-order valence-corrected chi connectivity index (χ1v) is 9.61. The van der Waals surface area contributed by atoms with E-state index in [1.165, 1.54) is 0 Å². The van der Waals surface area contributed by atoms with Crippen LogP contribution in [0.2, 0.25) is 0 Å². The quantitative estimate of drug-likeness (QED) is 0.539. The molecule has 1 saturated heterocycles. The Kier molecular flexibility index (Phi) is 3.82. The molecule has 1 fully saturated rings. The Morgan fingerprint density at radius 2 is 1.81 bits per heavy atom. The van der Waals surface area contributed by atoms with Gasteiger partial charge in [0.2, 0.25) is 0 Å². The third kappa shape index (κ3) is 2.66. The Labute approximate surface area is 160 Å². The smallest absolute Gasteiger partial charge is 0.186 e. The molecule has 8 nitrogen and oxygen atoms in total. The van der Waals surface area contributed by atoms with Crippen LogP contribution in [0.3, 0.4) is 0 Å². The highest BCUT2D eigenvalue weighted by molar-refractivity contribution is 7.22. The molecule has 1 aliphatic rings. The minimum atomic E-state index is 0.826. The van der Waals surface area contributed by atoms with Crippen LogP contribution in [-0.4, -0.2) is 57.8 Å². The molecule has 27 heavy (non-hydrogen) atoms. The van der Waals surface area contributed by atoms with E-state index in [0.717, 1.165) is 64.3 Å². The average molecular weight is 381 g/mol. The predicted molar refractivity (Wildman–Crippen MR) is 107 cm³/mol. The van der Waals surface area contributed by atoms with E-state index in [2.05, 4.69) is 30.8 Å². The highest BCUT2D eigenvalue weighted by Gasteiger charge is 2.23. The Balaban J connectivity index is 1.38. The van der Waals surface area contributed by atoms with Crippen molar-refractivity contribution >= 4 is 43.7 Å². The Morgan fingerprint density at radius 1 is 1.00 bits per heavy atom. The normalized spacial score (nSPS) is 15.0. The summed E-state index contributed by atoms with van der Waals surface area (Å²) in [6, 6.07) is 6.05. The number of aromatic nitrogens is 5. The second-order valence-electron chi connectivity index (χ2n) is 6.50. The zero-order chi connectivity index (χ0) is 18.4. The molecule has 0 unspecified atom stereocenters. The number of piperazine rings is 1. The van der Waals surface area contributed by atoms with E-state index in [0.29, 0.717) is 0 Å². The predicted octanol–water partition coefficient (Wildman–Crippen LogP) is 2.31. The van der Waals surface area contributed by atoms with Gasteiger partial charge in [0, 0.05) is 33.2 Å². The zero-order valence-corrected chi connectivity index (χ0v) is 16.0. The van der Waals surface area contributed by atoms with Gasteiger partial charge in [-0.1, -0.05) is 17.4 Å². The lowest BCUT2D eigenvalue weighted by Crippen LogP contribution is -2.46. The number of fused-ring (bicyclic) bond motifs is 2. The number of benzene rings is 1. The summed E-state index contributed by atoms with van der Waals surface area (Å²) in [5, 5.41) is 1.04. The topological polar surface area (TPSA) is 72.2 Å². The molecule has 0 spiro atoms. The van der Waals surface area contributed by atoms with Crippen LogP contribution in [0.1, 0.15) is 0 Å². The van der Waals surface area contributed by atoms with Crippen LogP contribution in [-0.2, 0) is 7.05 Å². The Bertz CT molecular complexity index is 1110. The molecule has 4 heterocycles. The molecule has 138 valence electrons. The summed E-state index contributed by atoms with van der Waals surface area (Å²) < 4.78 is 8.51. The molecule has 0 radical (unpaired) electrons. The number of imidazole rings is 1. The molecule has 1 aliphatic heterocycles. The number of rotatable bonds is 3. The van der Waals surface area contributed by atoms with Crippen molar-refractivity contribution in [2.24, 2.45) is 7.05 Å². The lowest BCUT2D eigenvalue weighted by Gasteiger charge is -2.35. The van der Waals surface area contributed by atoms with Crippen LogP contribution >= 0.6 is 11.3 Å². The van der Waals surface area contributed by atoms with Crippen molar-refractivity contribution in [3.05, 3.63) is 30.9 Å². The number of para-hydroxylation sites is 1. The van der Waals surface area contributed by atoms with Gasteiger partial charge in [0.1, 0.15) is 17.6 Å². The summed E-state index contributed by atoms with van der Waals surface area (Å²) in [5.41, 5.74) is 2.66. The SMILES string of the molecule is COc1cccc2sc(N3CCN(c4ncnc5c4ncn5C)CC3)nc12. The second kappa shape index (κ2) is 6.34. The summed E-state index contributed by atoms with van der Waals surface area (Å²) in [4.78, 5) is 22.7. The van der Waals surface area contributed by atoms with Crippen LogP contribution in [0.4, 0.5) is 10.9 Å². The molecule has 0 atom stereocenters. The first-order valence-electron chi connectivity index (χ1n) is 8.80. The van der Waals surface area contributed by atoms with E-state index < -0.39 is 0 Å². The van der Waals surface area contributed by atoms with Crippen LogP contribution in [0.25, 0.3) is 21.4 Å². The van der Waals surface area contributed by atoms with Gasteiger partial charge in [-0.3, -0.25) is 0 Å². The third-order valence-electron chi connectivity index (χ3n) is 4.92. The second-order valence-corrected chi connectivity index (χ2v) is 7.51. The molecule has 0 bridgehead atoms. The van der Waals surface area contributed by atoms with Crippen molar-refractivity contribution in [3.63, 3.8) is 0 Å². The molecule has 5 rings (SSSR count). The van der Waals surface area contributed by atoms with Crippen molar-refractivity contribution in [2.75, 3.05) is 43.1 Å². The zero-order valence-electron chi connectivity index (χ0n) is 15.2. The van der Waals surface area contributed by atoms with Gasteiger partial charge in [0.15, 0.2) is 22.1 Å². The number of ether oxygens (including phenoxy) is 1. The Morgan fingerprint density at radius 3 is 2.63 bits per heavy atom. The molecular weight excluding hydrogens is 362 g/mol. The van der Waals surface area contributed by atoms with Gasteiger partial charge in [-0.2, -0.15) is 0 Å². The molecule has 0 amide bonds. The van der Waals surface area contributed by atoms with Crippen molar-refractivity contribution in [3.8, 4) is 5.75 Å². The van der Waals surface area contributed by atoms with Crippen LogP contribution in [0, 0.1) is 0 Å². The summed E-state index contributed by atoms with van der Waals surface area (Å²) >= 11 is 1.71. The van der Waals surface area contributed by atoms with Crippen LogP contribution < -0.4 is 14.5 Å². The van der Waals surface area contributed by atoms with Gasteiger partial charge >= 0.3 is 0 Å². The fraction of sp³-hybridized carbons (Fsp3) is 0.333. The first kappa shape index (κ1) is 16.2. The number of hydrogen-bond acceptors (Lipinski definition) is 8. The lowest BCUT2D eigenvalue weighted by atomic mass is 10.3. The summed E-state index contributed by atoms with van der Waals surface area (Å²) in [6.07, 6.45) is 3.40. The fourth-order valence-corrected chi connectivity index (χ4v) is 4.52. The number of aryl methyl sites for hydroxylation is 1. The van der Waals surface area contributed by atoms with Crippen LogP contribution in [0.15, 0.2) is 30.9 Å². The van der Waals surface area contributed by atoms with Gasteiger partial charge in [-0.05, 0) is 12.1 Å². The van der Waals surface area contributed by atoms with Gasteiger partial charge in [-0.15, -0.1) is 0 Å². The molecule has 4 aromatic rings. The standard InChI is InChI=1S/C18H19N7OS/c1-23-11-21-15-16(23)19-10-20-17(15)24-6-8-25(9-7-24)18-22-14-12(26-2)4-3-5-13(14)27-18/h3-5,10-11H,6-9H2,1-2H3. The highest BCUT2D eigenvalue weighted by atomic mass is 32.1. The van der Waals surface area contributed by atoms with E-state index in [4.69, 9.17) is 9.72 Å². The van der Waals surface area contributed by atoms with E-state index >= 15 is 0 Å². The minimum Gasteiger partial charge on any atom is -0.494 e. The molecule has 0 saturated carbocycles. The molecule has 0 N–H and O–H groups in total. The van der Waals surface area contributed by atoms with Gasteiger partial charge in [0.25, 0.3) is 0 Å². The molecular formula is C18H19N7OS. The maximum absolute atomic E-state index is 5.44. The molecule has 1 aromatic carbocycles. The van der Waals surface area contributed by atoms with Gasteiger partial charge < -0.3 is 19.1 Å². The van der Waals surface area contributed by atoms with Crippen molar-refractivity contribution in [1.29, 1.82) is 0 Å². The number of anilines is 2. The van der Waals surface area contributed by atoms with E-state index in [9.17, 15) is 0 Å². The largest absolute Gasteiger partial charge is 0.494 e. The Hall–Kier alpha value is -2.94. The van der Waals surface area contributed by atoms with E-state index in [1.54, 1.807) is 31.1 Å². The number of thiazole rings is 1. The lowest BCUT2D eigenvalue weighted by molar-refractivity contribution is 0.419. The fourth-order valence-electron chi connectivity index (χ4n) is 3.49. The van der Waals surface area contributed by atoms with E-state index in [1.807, 2.05) is 23.7 Å². The maximum Gasteiger partial charge on any atom is 0.186 e. The number of methoxy groups -OCH3 is 1. The average Bonchev–Trinajstić information content (AvgIpc) is 3.32. The van der Waals surface area contributed by atoms with Gasteiger partial charge in [-0.25, -0.2) is 19.9 Å². The van der Waals surface area contributed by atoms with Crippen molar-refractivity contribution in [2.45, 2.75) is 0 Å². The summed E-state index contributed by atoms with van der Waals surface area (Å²) in [6.45, 7) is 3.52. The monoisotopic (exact) mass is 381 g/mol. The van der Waals surface area contributed by atoms with E-state index in [-0.39, 0.29) is 0 Å². The molecule has 9 heteroatoms. The third-order valence-corrected chi connectivity index (χ3v) is 6.00. The number of hydrogen-bond donors (Lipinski definition) is 0. The van der Waals surface area contributed by atoms with Crippen molar-refractivity contribution < 1.29 is 4.74 Å². The molecule has 3 aromatic heterocycles. The summed E-state index contributed by atoms with van der Waals surface area (Å²) in [5.74, 6) is 1.73. The first-order chi connectivity index (χ1) is 13.2. The van der Waals surface area contributed by atoms with Crippen LogP contribution in [0.5, 0.6) is 5.75 Å². The summed E-state index contributed by atoms with van der Waals surface area (Å²) in [7, 11) is 3.64. The molecule has 0 aliphatic carbocycles. The van der Waals surface area contributed by atoms with Crippen molar-refractivity contribution in [1.82, 2.24) is 24.5 Å². The highest BCUT2D eigenvalue weighted by Crippen LogP contribution is 2.34. The minimum absolute atomic E-state index is 0.826. The number of nitrogens with zero attached hydrogens (tertiary/aromatic N) is 7.